The second kappa shape index (κ2) is 5.93. The average molecular weight is 332 g/mol. The number of benzene rings is 1. The normalized spacial score (nSPS) is 14.4. The summed E-state index contributed by atoms with van der Waals surface area (Å²) in [5.41, 5.74) is 0.895. The predicted molar refractivity (Wildman–Crippen MR) is 78.1 cm³/mol. The van der Waals surface area contributed by atoms with Gasteiger partial charge < -0.3 is 10.2 Å². The van der Waals surface area contributed by atoms with Crippen LogP contribution in [0.1, 0.15) is 19.8 Å². The lowest BCUT2D eigenvalue weighted by molar-refractivity contribution is -0.129. The Bertz CT molecular complexity index is 449. The first kappa shape index (κ1) is 13.7. The number of nitrogens with zero attached hydrogens (tertiary/aromatic N) is 1. The van der Waals surface area contributed by atoms with Crippen molar-refractivity contribution in [3.63, 3.8) is 0 Å². The number of rotatable bonds is 5. The number of carbonyl (C=O) groups excluding carboxylic acids is 1. The first-order valence-corrected chi connectivity index (χ1v) is 7.27. The first-order valence-electron chi connectivity index (χ1n) is 6.10. The summed E-state index contributed by atoms with van der Waals surface area (Å²) in [5, 5.41) is 3.80. The lowest BCUT2D eigenvalue weighted by Crippen LogP contribution is -2.37. The van der Waals surface area contributed by atoms with E-state index in [1.807, 2.05) is 24.0 Å². The van der Waals surface area contributed by atoms with Crippen LogP contribution in [0.3, 0.4) is 0 Å². The fraction of sp³-hybridized carbons (Fsp3) is 0.462. The first-order chi connectivity index (χ1) is 8.61. The Labute approximate surface area is 121 Å². The van der Waals surface area contributed by atoms with Crippen LogP contribution < -0.4 is 5.32 Å². The lowest BCUT2D eigenvalue weighted by Gasteiger charge is -2.20. The number of carbonyl (C=O) groups is 1. The summed E-state index contributed by atoms with van der Waals surface area (Å²) in [6.07, 6.45) is 2.29. The smallest absolute Gasteiger partial charge is 0.242 e. The van der Waals surface area contributed by atoms with Crippen LogP contribution in [-0.4, -0.2) is 29.9 Å². The molecule has 2 rings (SSSR count). The summed E-state index contributed by atoms with van der Waals surface area (Å²) in [6, 6.07) is 6.02. The molecule has 0 bridgehead atoms. The van der Waals surface area contributed by atoms with Crippen molar-refractivity contribution in [2.45, 2.75) is 25.8 Å². The van der Waals surface area contributed by atoms with Gasteiger partial charge in [0.25, 0.3) is 0 Å². The number of likely N-dealkylation sites (N-methyl/N-ethyl adjacent to an activating group) is 1. The number of anilines is 1. The zero-order valence-electron chi connectivity index (χ0n) is 10.2. The van der Waals surface area contributed by atoms with E-state index in [-0.39, 0.29) is 5.91 Å². The van der Waals surface area contributed by atoms with E-state index in [4.69, 9.17) is 11.6 Å². The zero-order chi connectivity index (χ0) is 13.1. The Hall–Kier alpha value is -0.740. The van der Waals surface area contributed by atoms with Crippen LogP contribution in [0.2, 0.25) is 5.02 Å². The van der Waals surface area contributed by atoms with Gasteiger partial charge in [0.05, 0.1) is 11.6 Å². The Morgan fingerprint density at radius 2 is 2.28 bits per heavy atom. The number of nitrogens with one attached hydrogen (secondary N) is 1. The molecular formula is C13H16BrClN2O. The van der Waals surface area contributed by atoms with E-state index in [1.54, 1.807) is 6.07 Å². The van der Waals surface area contributed by atoms with Gasteiger partial charge in [0, 0.05) is 22.7 Å². The monoisotopic (exact) mass is 330 g/mol. The van der Waals surface area contributed by atoms with Crippen molar-refractivity contribution < 1.29 is 4.79 Å². The molecule has 1 aliphatic carbocycles. The third-order valence-electron chi connectivity index (χ3n) is 3.01. The maximum Gasteiger partial charge on any atom is 0.242 e. The summed E-state index contributed by atoms with van der Waals surface area (Å²) >= 11 is 9.28. The fourth-order valence-electron chi connectivity index (χ4n) is 1.91. The second-order valence-electron chi connectivity index (χ2n) is 4.39. The third-order valence-corrected chi connectivity index (χ3v) is 4.23. The standard InChI is InChI=1S/C13H16BrClN2O/c1-2-17(10-4-5-10)13(18)8-16-9-3-6-12(15)11(14)7-9/h3,6-7,10,16H,2,4-5,8H2,1H3. The van der Waals surface area contributed by atoms with Gasteiger partial charge in [-0.05, 0) is 53.9 Å². The molecule has 1 aromatic rings. The number of halogens is 2. The molecule has 1 aromatic carbocycles. The number of amides is 1. The largest absolute Gasteiger partial charge is 0.376 e. The van der Waals surface area contributed by atoms with E-state index in [0.717, 1.165) is 29.5 Å². The topological polar surface area (TPSA) is 32.3 Å². The molecule has 3 nitrogen and oxygen atoms in total. The molecule has 1 saturated carbocycles. The molecule has 0 unspecified atom stereocenters. The maximum absolute atomic E-state index is 12.0. The highest BCUT2D eigenvalue weighted by molar-refractivity contribution is 9.10. The molecule has 1 amide bonds. The number of hydrogen-bond donors (Lipinski definition) is 1. The molecule has 1 N–H and O–H groups in total. The summed E-state index contributed by atoms with van der Waals surface area (Å²) in [6.45, 7) is 3.14. The van der Waals surface area contributed by atoms with Gasteiger partial charge in [0.1, 0.15) is 0 Å². The molecule has 5 heteroatoms. The minimum Gasteiger partial charge on any atom is -0.376 e. The van der Waals surface area contributed by atoms with E-state index < -0.39 is 0 Å². The molecule has 0 spiro atoms. The van der Waals surface area contributed by atoms with Gasteiger partial charge in [-0.3, -0.25) is 4.79 Å². The van der Waals surface area contributed by atoms with Crippen molar-refractivity contribution in [2.75, 3.05) is 18.4 Å². The quantitative estimate of drug-likeness (QED) is 0.895. The highest BCUT2D eigenvalue weighted by Gasteiger charge is 2.30. The predicted octanol–water partition coefficient (Wildman–Crippen LogP) is 3.53. The SMILES string of the molecule is CCN(C(=O)CNc1ccc(Cl)c(Br)c1)C1CC1. The molecule has 18 heavy (non-hydrogen) atoms. The Balaban J connectivity index is 1.90. The molecule has 0 aliphatic heterocycles. The molecule has 0 atom stereocenters. The molecule has 1 aliphatic rings. The lowest BCUT2D eigenvalue weighted by atomic mass is 10.3. The van der Waals surface area contributed by atoms with Crippen LogP contribution in [0.5, 0.6) is 0 Å². The molecule has 98 valence electrons. The third kappa shape index (κ3) is 3.39. The molecule has 1 fully saturated rings. The van der Waals surface area contributed by atoms with Crippen LogP contribution in [0.15, 0.2) is 22.7 Å². The molecule has 0 saturated heterocycles. The van der Waals surface area contributed by atoms with Crippen molar-refractivity contribution >= 4 is 39.1 Å². The van der Waals surface area contributed by atoms with Crippen molar-refractivity contribution in [1.29, 1.82) is 0 Å². The fourth-order valence-corrected chi connectivity index (χ4v) is 2.41. The van der Waals surface area contributed by atoms with E-state index in [9.17, 15) is 4.79 Å². The molecular weight excluding hydrogens is 316 g/mol. The van der Waals surface area contributed by atoms with Gasteiger partial charge in [-0.25, -0.2) is 0 Å². The maximum atomic E-state index is 12.0. The Morgan fingerprint density at radius 1 is 1.56 bits per heavy atom. The van der Waals surface area contributed by atoms with Gasteiger partial charge in [-0.2, -0.15) is 0 Å². The van der Waals surface area contributed by atoms with Gasteiger partial charge in [0.15, 0.2) is 0 Å². The van der Waals surface area contributed by atoms with Crippen LogP contribution in [0.25, 0.3) is 0 Å². The van der Waals surface area contributed by atoms with Crippen LogP contribution in [-0.2, 0) is 4.79 Å². The zero-order valence-corrected chi connectivity index (χ0v) is 12.6. The summed E-state index contributed by atoms with van der Waals surface area (Å²) in [4.78, 5) is 13.9. The molecule has 0 radical (unpaired) electrons. The Kier molecular flexibility index (Phi) is 4.51. The highest BCUT2D eigenvalue weighted by Crippen LogP contribution is 2.27. The van der Waals surface area contributed by atoms with E-state index >= 15 is 0 Å². The average Bonchev–Trinajstić information content (AvgIpc) is 3.16. The van der Waals surface area contributed by atoms with Gasteiger partial charge in [-0.15, -0.1) is 0 Å². The molecule has 0 heterocycles. The van der Waals surface area contributed by atoms with E-state index in [2.05, 4.69) is 21.2 Å². The molecule has 0 aromatic heterocycles. The van der Waals surface area contributed by atoms with E-state index in [0.29, 0.717) is 17.6 Å². The minimum absolute atomic E-state index is 0.158. The Morgan fingerprint density at radius 3 is 2.83 bits per heavy atom. The summed E-state index contributed by atoms with van der Waals surface area (Å²) < 4.78 is 0.830. The van der Waals surface area contributed by atoms with Crippen molar-refractivity contribution in [3.05, 3.63) is 27.7 Å². The van der Waals surface area contributed by atoms with Crippen molar-refractivity contribution in [3.8, 4) is 0 Å². The van der Waals surface area contributed by atoms with Crippen LogP contribution in [0.4, 0.5) is 5.69 Å². The summed E-state index contributed by atoms with van der Waals surface area (Å²) in [5.74, 6) is 0.158. The highest BCUT2D eigenvalue weighted by atomic mass is 79.9. The van der Waals surface area contributed by atoms with E-state index in [1.165, 1.54) is 0 Å². The van der Waals surface area contributed by atoms with Gasteiger partial charge >= 0.3 is 0 Å². The minimum atomic E-state index is 0.158. The van der Waals surface area contributed by atoms with Gasteiger partial charge in [-0.1, -0.05) is 11.6 Å². The van der Waals surface area contributed by atoms with Crippen LogP contribution >= 0.6 is 27.5 Å². The van der Waals surface area contributed by atoms with Gasteiger partial charge in [0.2, 0.25) is 5.91 Å². The van der Waals surface area contributed by atoms with Crippen molar-refractivity contribution in [1.82, 2.24) is 4.90 Å². The van der Waals surface area contributed by atoms with Crippen LogP contribution in [0, 0.1) is 0 Å². The number of hydrogen-bond acceptors (Lipinski definition) is 2. The second-order valence-corrected chi connectivity index (χ2v) is 5.65. The van der Waals surface area contributed by atoms with Crippen molar-refractivity contribution in [2.24, 2.45) is 0 Å². The summed E-state index contributed by atoms with van der Waals surface area (Å²) in [7, 11) is 0.